The van der Waals surface area contributed by atoms with Gasteiger partial charge in [0.15, 0.2) is 0 Å². The van der Waals surface area contributed by atoms with Crippen molar-refractivity contribution < 1.29 is 13.9 Å². The molecule has 0 saturated carbocycles. The van der Waals surface area contributed by atoms with Gasteiger partial charge in [-0.3, -0.25) is 13.9 Å². The highest BCUT2D eigenvalue weighted by Gasteiger charge is 2.45. The van der Waals surface area contributed by atoms with E-state index in [0.717, 1.165) is 9.87 Å². The van der Waals surface area contributed by atoms with Gasteiger partial charge in [0, 0.05) is 18.2 Å². The molecule has 3 N–H and O–H groups in total. The van der Waals surface area contributed by atoms with Crippen LogP contribution in [0.4, 0.5) is 0 Å². The van der Waals surface area contributed by atoms with Crippen LogP contribution in [0.5, 0.6) is 0 Å². The number of amides is 1. The molecule has 0 aliphatic carbocycles. The first-order valence-corrected chi connectivity index (χ1v) is 10.5. The normalized spacial score (nSPS) is 17.0. The van der Waals surface area contributed by atoms with Crippen molar-refractivity contribution in [2.75, 3.05) is 6.54 Å². The van der Waals surface area contributed by atoms with E-state index < -0.39 is 16.7 Å². The summed E-state index contributed by atoms with van der Waals surface area (Å²) in [4.78, 5) is 13.2. The highest BCUT2D eigenvalue weighted by molar-refractivity contribution is 8.31. The number of rotatable bonds is 6. The van der Waals surface area contributed by atoms with E-state index in [1.165, 1.54) is 0 Å². The molecular weight excluding hydrogens is 374 g/mol. The summed E-state index contributed by atoms with van der Waals surface area (Å²) in [5.41, 5.74) is 2.37. The zero-order chi connectivity index (χ0) is 20.3. The molecule has 1 amide bonds. The molecule has 1 heterocycles. The number of nitrogens with zero attached hydrogens (tertiary/aromatic N) is 2. The van der Waals surface area contributed by atoms with Gasteiger partial charge < -0.3 is 5.32 Å². The van der Waals surface area contributed by atoms with Crippen molar-refractivity contribution in [2.24, 2.45) is 0 Å². The van der Waals surface area contributed by atoms with E-state index in [9.17, 15) is 13.9 Å². The minimum atomic E-state index is -3.43. The lowest BCUT2D eigenvalue weighted by atomic mass is 10.1. The van der Waals surface area contributed by atoms with Gasteiger partial charge in [0.2, 0.25) is 0 Å². The Balaban J connectivity index is 1.90. The number of hydrogen-bond acceptors (Lipinski definition) is 5. The lowest BCUT2D eigenvalue weighted by molar-refractivity contribution is -0.123. The zero-order valence-corrected chi connectivity index (χ0v) is 16.6. The van der Waals surface area contributed by atoms with E-state index >= 15 is 0 Å². The second-order valence-electron chi connectivity index (χ2n) is 6.80. The maximum absolute atomic E-state index is 13.0. The first-order chi connectivity index (χ1) is 13.4. The van der Waals surface area contributed by atoms with Crippen molar-refractivity contribution in [1.82, 2.24) is 9.62 Å². The van der Waals surface area contributed by atoms with Gasteiger partial charge in [0.05, 0.1) is 11.6 Å². The Morgan fingerprint density at radius 3 is 2.50 bits per heavy atom. The summed E-state index contributed by atoms with van der Waals surface area (Å²) in [6.45, 7) is 3.93. The summed E-state index contributed by atoms with van der Waals surface area (Å²) >= 11 is 0. The van der Waals surface area contributed by atoms with Gasteiger partial charge in [-0.1, -0.05) is 53.2 Å². The number of benzene rings is 2. The molecule has 3 rings (SSSR count). The predicted molar refractivity (Wildman–Crippen MR) is 111 cm³/mol. The minimum Gasteiger partial charge on any atom is -0.379 e. The van der Waals surface area contributed by atoms with Crippen molar-refractivity contribution in [3.63, 3.8) is 0 Å². The Labute approximate surface area is 166 Å². The molecule has 28 heavy (non-hydrogen) atoms. The fraction of sp³-hybridized carbons (Fsp3) is 0.238. The third kappa shape index (κ3) is 3.76. The number of hydrogen-bond donors (Lipinski definition) is 3. The average Bonchev–Trinajstić information content (AvgIpc) is 2.87. The first kappa shape index (κ1) is 20.0. The second kappa shape index (κ2) is 8.07. The van der Waals surface area contributed by atoms with Crippen LogP contribution in [0.15, 0.2) is 60.3 Å². The quantitative estimate of drug-likeness (QED) is 0.685. The molecule has 0 radical (unpaired) electrons. The molecule has 0 bridgehead atoms. The molecule has 2 aromatic rings. The summed E-state index contributed by atoms with van der Waals surface area (Å²) in [5, 5.41) is 12.1. The van der Waals surface area contributed by atoms with E-state index in [4.69, 9.17) is 5.26 Å². The molecule has 0 atom stereocenters. The molecule has 2 aromatic carbocycles. The van der Waals surface area contributed by atoms with Crippen LogP contribution in [0.25, 0.3) is 4.91 Å². The Morgan fingerprint density at radius 2 is 1.86 bits per heavy atom. The Hall–Kier alpha value is -2.79. The largest absolute Gasteiger partial charge is 0.379 e. The Kier molecular flexibility index (Phi) is 5.75. The van der Waals surface area contributed by atoms with Crippen LogP contribution >= 0.6 is 10.8 Å². The van der Waals surface area contributed by atoms with E-state index in [2.05, 4.69) is 11.4 Å². The minimum absolute atomic E-state index is 0.219. The molecule has 6 nitrogen and oxygen atoms in total. The molecule has 0 fully saturated rings. The monoisotopic (exact) mass is 397 g/mol. The Bertz CT molecular complexity index is 949. The van der Waals surface area contributed by atoms with Crippen LogP contribution < -0.4 is 5.32 Å². The Morgan fingerprint density at radius 1 is 1.14 bits per heavy atom. The fourth-order valence-corrected chi connectivity index (χ4v) is 5.26. The van der Waals surface area contributed by atoms with Crippen LogP contribution in [0.2, 0.25) is 0 Å². The van der Waals surface area contributed by atoms with Gasteiger partial charge in [0.1, 0.15) is 10.6 Å². The summed E-state index contributed by atoms with van der Waals surface area (Å²) in [6, 6.07) is 18.0. The number of carbonyl (C=O) groups is 1. The van der Waals surface area contributed by atoms with Gasteiger partial charge in [-0.15, -0.1) is 0 Å². The summed E-state index contributed by atoms with van der Waals surface area (Å²) in [6.07, 6.45) is 0.592. The van der Waals surface area contributed by atoms with Crippen LogP contribution in [0.3, 0.4) is 0 Å². The molecule has 1 aliphatic heterocycles. The highest BCUT2D eigenvalue weighted by Crippen LogP contribution is 2.62. The topological polar surface area (TPSA) is 96.6 Å². The molecule has 0 aromatic heterocycles. The van der Waals surface area contributed by atoms with Crippen molar-refractivity contribution in [1.29, 1.82) is 5.26 Å². The molecule has 0 unspecified atom stereocenters. The van der Waals surface area contributed by atoms with Gasteiger partial charge in [-0.05, 0) is 38.0 Å². The molecule has 0 spiro atoms. The van der Waals surface area contributed by atoms with E-state index in [0.29, 0.717) is 24.1 Å². The maximum atomic E-state index is 13.0. The van der Waals surface area contributed by atoms with Crippen molar-refractivity contribution >= 4 is 21.6 Å². The van der Waals surface area contributed by atoms with Gasteiger partial charge in [-0.2, -0.15) is 5.26 Å². The lowest BCUT2D eigenvalue weighted by Gasteiger charge is -2.40. The van der Waals surface area contributed by atoms with E-state index in [1.54, 1.807) is 50.2 Å². The molecule has 146 valence electrons. The lowest BCUT2D eigenvalue weighted by Crippen LogP contribution is -2.37. The van der Waals surface area contributed by atoms with Gasteiger partial charge in [-0.25, -0.2) is 4.31 Å². The van der Waals surface area contributed by atoms with E-state index in [1.807, 2.05) is 18.2 Å². The van der Waals surface area contributed by atoms with E-state index in [-0.39, 0.29) is 16.6 Å². The van der Waals surface area contributed by atoms with Gasteiger partial charge in [0.25, 0.3) is 5.91 Å². The number of nitriles is 1. The van der Waals surface area contributed by atoms with Crippen LogP contribution in [-0.2, 0) is 11.2 Å². The third-order valence-corrected chi connectivity index (χ3v) is 6.59. The first-order valence-electron chi connectivity index (χ1n) is 9.01. The van der Waals surface area contributed by atoms with Crippen molar-refractivity contribution in [3.05, 3.63) is 77.0 Å². The number of carbonyl (C=O) groups excluding carboxylic acids is 1. The van der Waals surface area contributed by atoms with Crippen molar-refractivity contribution in [2.45, 2.75) is 26.3 Å². The smallest absolute Gasteiger partial charge is 0.290 e. The molecule has 1 aliphatic rings. The van der Waals surface area contributed by atoms with Gasteiger partial charge >= 0.3 is 0 Å². The molecular formula is C21H23N3O3S. The second-order valence-corrected chi connectivity index (χ2v) is 8.64. The number of nitrogens with one attached hydrogen (secondary N) is 1. The SMILES string of the molecule is CC(C)N1C(=O)C(NCCc2cccc(C#N)c2)=C(c2ccccc2)S1(O)O. The predicted octanol–water partition coefficient (Wildman–Crippen LogP) is 3.98. The zero-order valence-electron chi connectivity index (χ0n) is 15.8. The standard InChI is InChI=1S/C21H23N3O3S/c1-15(2)24-21(25)19(20(28(24,26)27)18-9-4-3-5-10-18)23-12-11-16-7-6-8-17(13-16)14-22/h3-10,13,15,23,26-27H,11-12H2,1-2H3. The molecule has 0 saturated heterocycles. The van der Waals surface area contributed by atoms with Crippen LogP contribution in [0, 0.1) is 11.3 Å². The summed E-state index contributed by atoms with van der Waals surface area (Å²) in [5.74, 6) is -0.417. The average molecular weight is 398 g/mol. The third-order valence-electron chi connectivity index (χ3n) is 4.47. The fourth-order valence-electron chi connectivity index (χ4n) is 3.26. The highest BCUT2D eigenvalue weighted by atomic mass is 32.3. The maximum Gasteiger partial charge on any atom is 0.290 e. The van der Waals surface area contributed by atoms with Crippen molar-refractivity contribution in [3.8, 4) is 6.07 Å². The summed E-state index contributed by atoms with van der Waals surface area (Å²) < 4.78 is 22.9. The van der Waals surface area contributed by atoms with Crippen LogP contribution in [-0.4, -0.2) is 31.9 Å². The molecule has 7 heteroatoms. The summed E-state index contributed by atoms with van der Waals surface area (Å²) in [7, 11) is -3.43. The van der Waals surface area contributed by atoms with Crippen LogP contribution in [0.1, 0.15) is 30.5 Å².